The van der Waals surface area contributed by atoms with E-state index in [1.165, 1.54) is 17.6 Å². The number of piperidine rings is 1. The minimum atomic E-state index is -0.414. The fraction of sp³-hybridized carbons (Fsp3) is 0.636. The molecular weight excluding hydrogens is 194 g/mol. The monoisotopic (exact) mass is 209 g/mol. The molecular formula is C11H15NO3. The number of hydrogen-bond donors (Lipinski definition) is 0. The molecule has 2 unspecified atom stereocenters. The molecule has 0 spiro atoms. The molecule has 15 heavy (non-hydrogen) atoms. The van der Waals surface area contributed by atoms with E-state index in [1.54, 1.807) is 0 Å². The molecule has 1 fully saturated rings. The van der Waals surface area contributed by atoms with Crippen LogP contribution in [-0.2, 0) is 9.53 Å². The largest absolute Gasteiger partial charge is 0.453 e. The Morgan fingerprint density at radius 2 is 2.33 bits per heavy atom. The van der Waals surface area contributed by atoms with Gasteiger partial charge in [0.1, 0.15) is 6.04 Å². The molecule has 0 aromatic carbocycles. The van der Waals surface area contributed by atoms with Crippen molar-refractivity contribution < 1.29 is 14.3 Å². The molecule has 2 bridgehead atoms. The zero-order valence-corrected chi connectivity index (χ0v) is 9.24. The van der Waals surface area contributed by atoms with Crippen LogP contribution in [-0.4, -0.2) is 36.5 Å². The topological polar surface area (TPSA) is 46.6 Å². The number of ketones is 1. The molecule has 1 saturated heterocycles. The predicted molar refractivity (Wildman–Crippen MR) is 54.4 cm³/mol. The molecule has 0 aromatic heterocycles. The maximum Gasteiger partial charge on any atom is 0.410 e. The van der Waals surface area contributed by atoms with E-state index in [4.69, 9.17) is 0 Å². The van der Waals surface area contributed by atoms with E-state index in [9.17, 15) is 9.59 Å². The van der Waals surface area contributed by atoms with Gasteiger partial charge in [-0.3, -0.25) is 9.69 Å². The van der Waals surface area contributed by atoms with Crippen molar-refractivity contribution in [2.24, 2.45) is 5.41 Å². The third kappa shape index (κ3) is 1.35. The minimum Gasteiger partial charge on any atom is -0.453 e. The van der Waals surface area contributed by atoms with Crippen molar-refractivity contribution in [3.8, 4) is 0 Å². The maximum atomic E-state index is 11.7. The molecule has 4 heteroatoms. The van der Waals surface area contributed by atoms with Crippen LogP contribution in [0, 0.1) is 5.41 Å². The lowest BCUT2D eigenvalue weighted by atomic mass is 9.68. The first-order valence-electron chi connectivity index (χ1n) is 5.04. The molecule has 3 aliphatic rings. The molecule has 2 heterocycles. The SMILES string of the molecule is COC(=O)N1CC2(C)CC(=O)C1C=C2C. The van der Waals surface area contributed by atoms with E-state index in [0.29, 0.717) is 13.0 Å². The summed E-state index contributed by atoms with van der Waals surface area (Å²) in [6.45, 7) is 4.62. The van der Waals surface area contributed by atoms with Crippen LogP contribution in [0.15, 0.2) is 11.6 Å². The van der Waals surface area contributed by atoms with Crippen LogP contribution in [0.3, 0.4) is 0 Å². The van der Waals surface area contributed by atoms with Gasteiger partial charge >= 0.3 is 6.09 Å². The number of carbonyl (C=O) groups is 2. The Morgan fingerprint density at radius 1 is 1.67 bits per heavy atom. The fourth-order valence-electron chi connectivity index (χ4n) is 2.37. The zero-order chi connectivity index (χ0) is 11.2. The van der Waals surface area contributed by atoms with Crippen LogP contribution in [0.2, 0.25) is 0 Å². The van der Waals surface area contributed by atoms with Crippen molar-refractivity contribution >= 4 is 11.9 Å². The third-order valence-corrected chi connectivity index (χ3v) is 3.52. The van der Waals surface area contributed by atoms with Crippen LogP contribution in [0.4, 0.5) is 4.79 Å². The lowest BCUT2D eigenvalue weighted by Gasteiger charge is -2.48. The number of hydrogen-bond acceptors (Lipinski definition) is 3. The molecule has 4 nitrogen and oxygen atoms in total. The lowest BCUT2D eigenvalue weighted by Crippen LogP contribution is -2.58. The summed E-state index contributed by atoms with van der Waals surface area (Å²) in [6, 6.07) is -0.403. The molecule has 82 valence electrons. The van der Waals surface area contributed by atoms with Gasteiger partial charge in [0.2, 0.25) is 0 Å². The van der Waals surface area contributed by atoms with Gasteiger partial charge in [-0.2, -0.15) is 0 Å². The molecule has 0 saturated carbocycles. The summed E-state index contributed by atoms with van der Waals surface area (Å²) in [5, 5.41) is 0. The van der Waals surface area contributed by atoms with E-state index in [0.717, 1.165) is 0 Å². The maximum absolute atomic E-state index is 11.7. The standard InChI is InChI=1S/C11H15NO3/c1-7-4-8-9(13)5-11(7,2)6-12(8)10(14)15-3/h4,8H,5-6H2,1-3H3. The van der Waals surface area contributed by atoms with Gasteiger partial charge in [0, 0.05) is 18.4 Å². The normalized spacial score (nSPS) is 34.1. The summed E-state index contributed by atoms with van der Waals surface area (Å²) in [4.78, 5) is 24.7. The van der Waals surface area contributed by atoms with Gasteiger partial charge in [0.15, 0.2) is 5.78 Å². The average Bonchev–Trinajstić information content (AvgIpc) is 2.18. The van der Waals surface area contributed by atoms with E-state index >= 15 is 0 Å². The highest BCUT2D eigenvalue weighted by molar-refractivity contribution is 5.93. The first kappa shape index (κ1) is 10.2. The molecule has 1 aliphatic carbocycles. The number of fused-ring (bicyclic) bond motifs is 2. The quantitative estimate of drug-likeness (QED) is 0.566. The van der Waals surface area contributed by atoms with Crippen molar-refractivity contribution in [1.29, 1.82) is 0 Å². The minimum absolute atomic E-state index is 0.111. The van der Waals surface area contributed by atoms with Crippen molar-refractivity contribution in [2.45, 2.75) is 26.3 Å². The van der Waals surface area contributed by atoms with E-state index in [2.05, 4.69) is 4.74 Å². The number of nitrogens with zero attached hydrogens (tertiary/aromatic N) is 1. The van der Waals surface area contributed by atoms with Gasteiger partial charge in [-0.05, 0) is 6.92 Å². The molecule has 0 radical (unpaired) electrons. The number of ether oxygens (including phenoxy) is 1. The second kappa shape index (κ2) is 3.08. The number of rotatable bonds is 0. The van der Waals surface area contributed by atoms with Crippen molar-refractivity contribution in [1.82, 2.24) is 4.90 Å². The van der Waals surface area contributed by atoms with E-state index in [1.807, 2.05) is 19.9 Å². The van der Waals surface area contributed by atoms with Crippen LogP contribution in [0.5, 0.6) is 0 Å². The number of Topliss-reactive ketones (excluding diaryl/α,β-unsaturated/α-hetero) is 1. The summed E-state index contributed by atoms with van der Waals surface area (Å²) in [5.41, 5.74) is 1.01. The van der Waals surface area contributed by atoms with E-state index in [-0.39, 0.29) is 11.2 Å². The zero-order valence-electron chi connectivity index (χ0n) is 9.24. The highest BCUT2D eigenvalue weighted by atomic mass is 16.5. The fourth-order valence-corrected chi connectivity index (χ4v) is 2.37. The summed E-state index contributed by atoms with van der Waals surface area (Å²) in [6.07, 6.45) is 2.00. The van der Waals surface area contributed by atoms with Crippen LogP contribution >= 0.6 is 0 Å². The lowest BCUT2D eigenvalue weighted by molar-refractivity contribution is -0.129. The first-order chi connectivity index (χ1) is 6.98. The summed E-state index contributed by atoms with van der Waals surface area (Å²) >= 11 is 0. The summed E-state index contributed by atoms with van der Waals surface area (Å²) in [5.74, 6) is 0.111. The molecule has 3 rings (SSSR count). The number of methoxy groups -OCH3 is 1. The molecule has 2 atom stereocenters. The van der Waals surface area contributed by atoms with Gasteiger partial charge in [0.05, 0.1) is 7.11 Å². The van der Waals surface area contributed by atoms with Gasteiger partial charge in [-0.25, -0.2) is 4.79 Å². The second-order valence-corrected chi connectivity index (χ2v) is 4.60. The second-order valence-electron chi connectivity index (χ2n) is 4.60. The molecule has 0 aromatic rings. The third-order valence-electron chi connectivity index (χ3n) is 3.52. The highest BCUT2D eigenvalue weighted by Crippen LogP contribution is 2.42. The average molecular weight is 209 g/mol. The highest BCUT2D eigenvalue weighted by Gasteiger charge is 2.48. The van der Waals surface area contributed by atoms with Crippen LogP contribution in [0.1, 0.15) is 20.3 Å². The van der Waals surface area contributed by atoms with Crippen LogP contribution < -0.4 is 0 Å². The van der Waals surface area contributed by atoms with Gasteiger partial charge in [0.25, 0.3) is 0 Å². The Labute approximate surface area is 88.9 Å². The molecule has 1 amide bonds. The van der Waals surface area contributed by atoms with Crippen molar-refractivity contribution in [3.05, 3.63) is 11.6 Å². The first-order valence-corrected chi connectivity index (χ1v) is 5.04. The predicted octanol–water partition coefficient (Wildman–Crippen LogP) is 1.36. The van der Waals surface area contributed by atoms with Gasteiger partial charge in [-0.1, -0.05) is 18.6 Å². The van der Waals surface area contributed by atoms with Crippen molar-refractivity contribution in [3.63, 3.8) is 0 Å². The number of amides is 1. The molecule has 2 aliphatic heterocycles. The van der Waals surface area contributed by atoms with Crippen molar-refractivity contribution in [2.75, 3.05) is 13.7 Å². The Morgan fingerprint density at radius 3 is 2.87 bits per heavy atom. The summed E-state index contributed by atoms with van der Waals surface area (Å²) < 4.78 is 4.68. The Hall–Kier alpha value is -1.32. The Kier molecular flexibility index (Phi) is 2.10. The summed E-state index contributed by atoms with van der Waals surface area (Å²) in [7, 11) is 1.34. The van der Waals surface area contributed by atoms with E-state index < -0.39 is 12.1 Å². The molecule has 0 N–H and O–H groups in total. The van der Waals surface area contributed by atoms with Gasteiger partial charge in [-0.15, -0.1) is 0 Å². The Bertz CT molecular complexity index is 361. The Balaban J connectivity index is 2.36. The number of carbonyl (C=O) groups excluding carboxylic acids is 2. The smallest absolute Gasteiger partial charge is 0.410 e. The van der Waals surface area contributed by atoms with Gasteiger partial charge < -0.3 is 4.74 Å². The van der Waals surface area contributed by atoms with Crippen LogP contribution in [0.25, 0.3) is 0 Å².